The zero-order valence-electron chi connectivity index (χ0n) is 33.1. The predicted octanol–water partition coefficient (Wildman–Crippen LogP) is 8.89. The van der Waals surface area contributed by atoms with Gasteiger partial charge in [-0.1, -0.05) is 0 Å². The zero-order valence-corrected chi connectivity index (χ0v) is 33.1. The molecule has 0 saturated carbocycles. The van der Waals surface area contributed by atoms with E-state index in [-0.39, 0.29) is 23.0 Å². The lowest BCUT2D eigenvalue weighted by molar-refractivity contribution is -0.159. The molecule has 0 unspecified atom stereocenters. The standard InChI is InChI=1S/C42H30F12O12/c43-39(44,45)35(57)23-1-9-27(10-2-23)61-19-31(20-62-28-11-3-24(4-12-28)36(58)40(46,47)48)65-33(55)17-18-34(56)66-32(21-63-29-13-5-25(6-14-29)37(59)41(49,50)51)22-64-30-15-7-26(8-16-30)38(60)42(52,53)54/h1-16,31-32H,17-22H2. The molecule has 0 aliphatic carbocycles. The third-order valence-corrected chi connectivity index (χ3v) is 8.37. The Kier molecular flexibility index (Phi) is 16.9. The highest BCUT2D eigenvalue weighted by Crippen LogP contribution is 2.27. The highest BCUT2D eigenvalue weighted by Gasteiger charge is 2.41. The van der Waals surface area contributed by atoms with Crippen molar-refractivity contribution >= 4 is 35.1 Å². The summed E-state index contributed by atoms with van der Waals surface area (Å²) in [7, 11) is 0. The van der Waals surface area contributed by atoms with Crippen LogP contribution < -0.4 is 18.9 Å². The Labute approximate surface area is 363 Å². The average Bonchev–Trinajstić information content (AvgIpc) is 3.26. The Morgan fingerprint density at radius 3 is 0.682 bits per heavy atom. The topological polar surface area (TPSA) is 158 Å². The van der Waals surface area contributed by atoms with E-state index in [1.54, 1.807) is 0 Å². The van der Waals surface area contributed by atoms with Gasteiger partial charge in [-0.25, -0.2) is 0 Å². The van der Waals surface area contributed by atoms with Crippen molar-refractivity contribution < 1.29 is 110 Å². The normalized spacial score (nSPS) is 12.0. The maximum atomic E-state index is 12.9. The number of alkyl halides is 12. The van der Waals surface area contributed by atoms with Crippen LogP contribution in [0.3, 0.4) is 0 Å². The van der Waals surface area contributed by atoms with Gasteiger partial charge in [0, 0.05) is 22.3 Å². The second kappa shape index (κ2) is 21.7. The number of Topliss-reactive ketones (excluding diaryl/α,β-unsaturated/α-hetero) is 4. The molecule has 4 aromatic carbocycles. The summed E-state index contributed by atoms with van der Waals surface area (Å²) in [5.74, 6) is -11.3. The molecule has 0 amide bonds. The van der Waals surface area contributed by atoms with E-state index in [1.165, 1.54) is 0 Å². The molecule has 0 aliphatic rings. The summed E-state index contributed by atoms with van der Waals surface area (Å²) in [6.07, 6.45) is -25.0. The third kappa shape index (κ3) is 15.8. The van der Waals surface area contributed by atoms with E-state index >= 15 is 0 Å². The number of benzene rings is 4. The molecule has 0 radical (unpaired) electrons. The summed E-state index contributed by atoms with van der Waals surface area (Å²) in [4.78, 5) is 71.9. The Morgan fingerprint density at radius 2 is 0.515 bits per heavy atom. The smallest absolute Gasteiger partial charge is 0.454 e. The first kappa shape index (κ1) is 51.5. The van der Waals surface area contributed by atoms with Crippen LogP contribution in [0.15, 0.2) is 97.1 Å². The Hall–Kier alpha value is -7.14. The first-order valence-corrected chi connectivity index (χ1v) is 18.5. The summed E-state index contributed by atoms with van der Waals surface area (Å²) in [5, 5.41) is 0. The predicted molar refractivity (Wildman–Crippen MR) is 198 cm³/mol. The van der Waals surface area contributed by atoms with Gasteiger partial charge in [0.1, 0.15) is 49.4 Å². The van der Waals surface area contributed by atoms with Gasteiger partial charge in [0.2, 0.25) is 0 Å². The van der Waals surface area contributed by atoms with Crippen LogP contribution in [0, 0.1) is 0 Å². The van der Waals surface area contributed by atoms with Crippen molar-refractivity contribution in [2.45, 2.75) is 49.8 Å². The fourth-order valence-corrected chi connectivity index (χ4v) is 5.15. The van der Waals surface area contributed by atoms with Gasteiger partial charge in [-0.05, 0) is 97.1 Å². The lowest BCUT2D eigenvalue weighted by Gasteiger charge is -2.20. The van der Waals surface area contributed by atoms with Gasteiger partial charge < -0.3 is 28.4 Å². The van der Waals surface area contributed by atoms with Crippen LogP contribution in [0.1, 0.15) is 54.3 Å². The van der Waals surface area contributed by atoms with Gasteiger partial charge in [0.05, 0.1) is 12.8 Å². The van der Waals surface area contributed by atoms with Crippen LogP contribution in [0.4, 0.5) is 52.7 Å². The quantitative estimate of drug-likeness (QED) is 0.0445. The van der Waals surface area contributed by atoms with Crippen LogP contribution >= 0.6 is 0 Å². The Morgan fingerprint density at radius 1 is 0.333 bits per heavy atom. The Balaban J connectivity index is 1.42. The number of ketones is 4. The average molecular weight is 955 g/mol. The van der Waals surface area contributed by atoms with Gasteiger partial charge in [0.25, 0.3) is 23.1 Å². The Bertz CT molecular complexity index is 2010. The summed E-state index contributed by atoms with van der Waals surface area (Å²) in [5.41, 5.74) is -2.91. The largest absolute Gasteiger partial charge is 0.490 e. The van der Waals surface area contributed by atoms with Gasteiger partial charge in [-0.3, -0.25) is 28.8 Å². The van der Waals surface area contributed by atoms with Gasteiger partial charge in [0.15, 0.2) is 12.2 Å². The molecule has 354 valence electrons. The molecule has 4 aromatic rings. The summed E-state index contributed by atoms with van der Waals surface area (Å²) in [6.45, 7) is -2.39. The fourth-order valence-electron chi connectivity index (χ4n) is 5.15. The molecule has 0 N–H and O–H groups in total. The molecule has 4 rings (SSSR count). The summed E-state index contributed by atoms with van der Waals surface area (Å²) < 4.78 is 186. The minimum Gasteiger partial charge on any atom is -0.490 e. The molecule has 0 fully saturated rings. The van der Waals surface area contributed by atoms with Gasteiger partial charge in [-0.2, -0.15) is 52.7 Å². The molecule has 0 aliphatic heterocycles. The number of halogens is 12. The second-order valence-corrected chi connectivity index (χ2v) is 13.4. The van der Waals surface area contributed by atoms with Crippen molar-refractivity contribution in [2.24, 2.45) is 0 Å². The zero-order chi connectivity index (χ0) is 49.0. The third-order valence-electron chi connectivity index (χ3n) is 8.37. The SMILES string of the molecule is O=C(CCC(=O)OC(COc1ccc(C(=O)C(F)(F)F)cc1)COc1ccc(C(=O)C(F)(F)F)cc1)OC(COc1ccc(C(=O)C(F)(F)F)cc1)COc1ccc(C(=O)C(F)(F)F)cc1. The van der Waals surface area contributed by atoms with Crippen LogP contribution in [0.25, 0.3) is 0 Å². The first-order chi connectivity index (χ1) is 30.7. The molecule has 66 heavy (non-hydrogen) atoms. The lowest BCUT2D eigenvalue weighted by atomic mass is 10.1. The van der Waals surface area contributed by atoms with E-state index in [2.05, 4.69) is 0 Å². The highest BCUT2D eigenvalue weighted by atomic mass is 19.4. The molecule has 0 saturated heterocycles. The van der Waals surface area contributed by atoms with E-state index in [4.69, 9.17) is 28.4 Å². The van der Waals surface area contributed by atoms with E-state index in [0.717, 1.165) is 97.1 Å². The molecule has 24 heteroatoms. The number of carbonyl (C=O) groups is 6. The van der Waals surface area contributed by atoms with Gasteiger partial charge in [-0.15, -0.1) is 0 Å². The molecule has 0 atom stereocenters. The summed E-state index contributed by atoms with van der Waals surface area (Å²) in [6, 6.07) is 14.3. The van der Waals surface area contributed by atoms with E-state index in [0.29, 0.717) is 0 Å². The molecule has 0 bridgehead atoms. The van der Waals surface area contributed by atoms with Crippen LogP contribution in [-0.2, 0) is 19.1 Å². The van der Waals surface area contributed by atoms with E-state index in [1.807, 2.05) is 0 Å². The number of hydrogen-bond donors (Lipinski definition) is 0. The minimum atomic E-state index is -5.17. The molecular formula is C42H30F12O12. The number of carbonyl (C=O) groups excluding carboxylic acids is 6. The monoisotopic (exact) mass is 954 g/mol. The molecule has 0 aromatic heterocycles. The van der Waals surface area contributed by atoms with Crippen LogP contribution in [0.5, 0.6) is 23.0 Å². The number of ether oxygens (including phenoxy) is 6. The summed E-state index contributed by atoms with van der Waals surface area (Å²) >= 11 is 0. The van der Waals surface area contributed by atoms with Crippen LogP contribution in [-0.4, -0.2) is 98.4 Å². The fraction of sp³-hybridized carbons (Fsp3) is 0.286. The molecular weight excluding hydrogens is 924 g/mol. The maximum Gasteiger partial charge on any atom is 0.454 e. The highest BCUT2D eigenvalue weighted by molar-refractivity contribution is 6.02. The van der Waals surface area contributed by atoms with Crippen molar-refractivity contribution in [1.29, 1.82) is 0 Å². The molecule has 0 heterocycles. The maximum absolute atomic E-state index is 12.9. The number of hydrogen-bond acceptors (Lipinski definition) is 12. The number of esters is 2. The van der Waals surface area contributed by atoms with E-state index in [9.17, 15) is 81.5 Å². The van der Waals surface area contributed by atoms with E-state index < -0.39 is 134 Å². The van der Waals surface area contributed by atoms with Crippen molar-refractivity contribution in [2.75, 3.05) is 26.4 Å². The van der Waals surface area contributed by atoms with Crippen molar-refractivity contribution in [3.8, 4) is 23.0 Å². The number of rotatable bonds is 21. The van der Waals surface area contributed by atoms with Gasteiger partial charge >= 0.3 is 36.6 Å². The first-order valence-electron chi connectivity index (χ1n) is 18.5. The van der Waals surface area contributed by atoms with Crippen LogP contribution in [0.2, 0.25) is 0 Å². The lowest BCUT2D eigenvalue weighted by Crippen LogP contribution is -2.32. The molecule has 0 spiro atoms. The van der Waals surface area contributed by atoms with Crippen molar-refractivity contribution in [3.05, 3.63) is 119 Å². The molecule has 12 nitrogen and oxygen atoms in total. The minimum absolute atomic E-state index is 0.125. The second-order valence-electron chi connectivity index (χ2n) is 13.4. The van der Waals surface area contributed by atoms with Crippen molar-refractivity contribution in [3.63, 3.8) is 0 Å². The van der Waals surface area contributed by atoms with Crippen molar-refractivity contribution in [1.82, 2.24) is 0 Å².